The Morgan fingerprint density at radius 3 is 2.95 bits per heavy atom. The van der Waals surface area contributed by atoms with Crippen LogP contribution in [0.15, 0.2) is 18.2 Å². The van der Waals surface area contributed by atoms with Gasteiger partial charge in [-0.25, -0.2) is 4.79 Å². The van der Waals surface area contributed by atoms with E-state index in [1.165, 1.54) is 0 Å². The third kappa shape index (κ3) is 3.38. The van der Waals surface area contributed by atoms with Crippen LogP contribution in [0, 0.1) is 0 Å². The standard InChI is InChI=1S/C14H19NO4/c1-3-15-9-10-8-11(17-2)4-5-12(10)19-13-6-7-18-14(13)16/h4-5,8,13,15H,3,6-7,9H2,1-2H3. The van der Waals surface area contributed by atoms with Crippen LogP contribution in [0.3, 0.4) is 0 Å². The molecular formula is C14H19NO4. The monoisotopic (exact) mass is 265 g/mol. The Kier molecular flexibility index (Phi) is 4.63. The first kappa shape index (κ1) is 13.7. The number of nitrogens with one attached hydrogen (secondary N) is 1. The maximum atomic E-state index is 11.4. The second kappa shape index (κ2) is 6.43. The molecule has 5 heteroatoms. The molecule has 0 radical (unpaired) electrons. The first-order valence-corrected chi connectivity index (χ1v) is 6.45. The second-order valence-corrected chi connectivity index (χ2v) is 4.32. The normalized spacial score (nSPS) is 18.2. The van der Waals surface area contributed by atoms with E-state index in [1.807, 2.05) is 25.1 Å². The van der Waals surface area contributed by atoms with Crippen molar-refractivity contribution < 1.29 is 19.0 Å². The van der Waals surface area contributed by atoms with Gasteiger partial charge in [-0.3, -0.25) is 0 Å². The van der Waals surface area contributed by atoms with Gasteiger partial charge in [-0.2, -0.15) is 0 Å². The lowest BCUT2D eigenvalue weighted by atomic mass is 10.1. The zero-order chi connectivity index (χ0) is 13.7. The topological polar surface area (TPSA) is 56.8 Å². The minimum Gasteiger partial charge on any atom is -0.497 e. The average Bonchev–Trinajstić information content (AvgIpc) is 2.83. The number of rotatable bonds is 6. The molecule has 1 heterocycles. The van der Waals surface area contributed by atoms with Crippen molar-refractivity contribution in [3.05, 3.63) is 23.8 Å². The van der Waals surface area contributed by atoms with E-state index in [0.717, 1.165) is 17.9 Å². The quantitative estimate of drug-likeness (QED) is 0.790. The Labute approximate surface area is 112 Å². The minimum atomic E-state index is -0.492. The van der Waals surface area contributed by atoms with Gasteiger partial charge in [-0.1, -0.05) is 6.92 Å². The van der Waals surface area contributed by atoms with Gasteiger partial charge in [-0.15, -0.1) is 0 Å². The van der Waals surface area contributed by atoms with Crippen LogP contribution in [0.1, 0.15) is 18.9 Å². The summed E-state index contributed by atoms with van der Waals surface area (Å²) in [7, 11) is 1.63. The molecule has 0 spiro atoms. The van der Waals surface area contributed by atoms with Crippen molar-refractivity contribution in [2.45, 2.75) is 26.0 Å². The lowest BCUT2D eigenvalue weighted by Crippen LogP contribution is -2.23. The molecule has 1 atom stereocenters. The fraction of sp³-hybridized carbons (Fsp3) is 0.500. The number of benzene rings is 1. The van der Waals surface area contributed by atoms with Gasteiger partial charge in [0.1, 0.15) is 11.5 Å². The molecule has 1 fully saturated rings. The third-order valence-electron chi connectivity index (χ3n) is 2.99. The molecule has 1 N–H and O–H groups in total. The maximum absolute atomic E-state index is 11.4. The summed E-state index contributed by atoms with van der Waals surface area (Å²) in [6.07, 6.45) is 0.111. The Balaban J connectivity index is 2.15. The SMILES string of the molecule is CCNCc1cc(OC)ccc1OC1CCOC1=O. The zero-order valence-corrected chi connectivity index (χ0v) is 11.3. The van der Waals surface area contributed by atoms with Crippen molar-refractivity contribution >= 4 is 5.97 Å². The van der Waals surface area contributed by atoms with Gasteiger partial charge in [-0.05, 0) is 24.7 Å². The smallest absolute Gasteiger partial charge is 0.347 e. The van der Waals surface area contributed by atoms with Crippen molar-refractivity contribution in [2.24, 2.45) is 0 Å². The van der Waals surface area contributed by atoms with Gasteiger partial charge in [0.2, 0.25) is 0 Å². The molecule has 0 amide bonds. The zero-order valence-electron chi connectivity index (χ0n) is 11.3. The first-order valence-electron chi connectivity index (χ1n) is 6.45. The molecule has 0 bridgehead atoms. The number of hydrogen-bond acceptors (Lipinski definition) is 5. The van der Waals surface area contributed by atoms with E-state index < -0.39 is 6.10 Å². The Morgan fingerprint density at radius 1 is 1.47 bits per heavy atom. The maximum Gasteiger partial charge on any atom is 0.347 e. The number of cyclic esters (lactones) is 1. The molecule has 0 aromatic heterocycles. The highest BCUT2D eigenvalue weighted by Crippen LogP contribution is 2.26. The molecule has 5 nitrogen and oxygen atoms in total. The Morgan fingerprint density at radius 2 is 2.32 bits per heavy atom. The van der Waals surface area contributed by atoms with Gasteiger partial charge in [0.25, 0.3) is 0 Å². The molecule has 1 aromatic carbocycles. The highest BCUT2D eigenvalue weighted by Gasteiger charge is 2.29. The molecule has 2 rings (SSSR count). The van der Waals surface area contributed by atoms with E-state index in [0.29, 0.717) is 25.3 Å². The largest absolute Gasteiger partial charge is 0.497 e. The number of hydrogen-bond donors (Lipinski definition) is 1. The van der Waals surface area contributed by atoms with Crippen LogP contribution < -0.4 is 14.8 Å². The van der Waals surface area contributed by atoms with E-state index in [1.54, 1.807) is 7.11 Å². The van der Waals surface area contributed by atoms with Crippen LogP contribution in [-0.2, 0) is 16.1 Å². The molecule has 1 aromatic rings. The molecule has 1 unspecified atom stereocenters. The summed E-state index contributed by atoms with van der Waals surface area (Å²) in [5.74, 6) is 1.19. The molecule has 0 saturated carbocycles. The van der Waals surface area contributed by atoms with Gasteiger partial charge in [0.15, 0.2) is 6.10 Å². The summed E-state index contributed by atoms with van der Waals surface area (Å²) in [6, 6.07) is 5.57. The summed E-state index contributed by atoms with van der Waals surface area (Å²) in [5, 5.41) is 3.24. The van der Waals surface area contributed by atoms with Gasteiger partial charge < -0.3 is 19.5 Å². The highest BCUT2D eigenvalue weighted by atomic mass is 16.6. The predicted octanol–water partition coefficient (Wildman–Crippen LogP) is 1.50. The van der Waals surface area contributed by atoms with Crippen molar-refractivity contribution in [1.82, 2.24) is 5.32 Å². The number of esters is 1. The van der Waals surface area contributed by atoms with Crippen molar-refractivity contribution in [3.8, 4) is 11.5 Å². The fourth-order valence-electron chi connectivity index (χ4n) is 1.93. The van der Waals surface area contributed by atoms with E-state index in [-0.39, 0.29) is 5.97 Å². The van der Waals surface area contributed by atoms with Crippen LogP contribution in [0.5, 0.6) is 11.5 Å². The highest BCUT2D eigenvalue weighted by molar-refractivity contribution is 5.76. The van der Waals surface area contributed by atoms with Crippen LogP contribution in [-0.4, -0.2) is 32.3 Å². The van der Waals surface area contributed by atoms with E-state index in [4.69, 9.17) is 14.2 Å². The second-order valence-electron chi connectivity index (χ2n) is 4.32. The number of methoxy groups -OCH3 is 1. The van der Waals surface area contributed by atoms with E-state index in [9.17, 15) is 4.79 Å². The van der Waals surface area contributed by atoms with Gasteiger partial charge >= 0.3 is 5.97 Å². The van der Waals surface area contributed by atoms with Gasteiger partial charge in [0.05, 0.1) is 13.7 Å². The summed E-state index contributed by atoms with van der Waals surface area (Å²) >= 11 is 0. The van der Waals surface area contributed by atoms with Crippen LogP contribution >= 0.6 is 0 Å². The summed E-state index contributed by atoms with van der Waals surface area (Å²) < 4.78 is 15.9. The molecule has 0 aliphatic carbocycles. The Bertz CT molecular complexity index is 447. The molecular weight excluding hydrogens is 246 g/mol. The summed E-state index contributed by atoms with van der Waals surface area (Å²) in [4.78, 5) is 11.4. The summed E-state index contributed by atoms with van der Waals surface area (Å²) in [6.45, 7) is 4.00. The molecule has 104 valence electrons. The van der Waals surface area contributed by atoms with E-state index >= 15 is 0 Å². The van der Waals surface area contributed by atoms with Crippen LogP contribution in [0.25, 0.3) is 0 Å². The number of ether oxygens (including phenoxy) is 3. The summed E-state index contributed by atoms with van der Waals surface area (Å²) in [5.41, 5.74) is 0.973. The number of carbonyl (C=O) groups excluding carboxylic acids is 1. The molecule has 1 aliphatic rings. The lowest BCUT2D eigenvalue weighted by molar-refractivity contribution is -0.143. The fourth-order valence-corrected chi connectivity index (χ4v) is 1.93. The third-order valence-corrected chi connectivity index (χ3v) is 2.99. The predicted molar refractivity (Wildman–Crippen MR) is 70.4 cm³/mol. The number of carbonyl (C=O) groups is 1. The van der Waals surface area contributed by atoms with Crippen molar-refractivity contribution in [1.29, 1.82) is 0 Å². The van der Waals surface area contributed by atoms with Crippen molar-refractivity contribution in [3.63, 3.8) is 0 Å². The lowest BCUT2D eigenvalue weighted by Gasteiger charge is -2.15. The molecule has 1 saturated heterocycles. The molecule has 1 aliphatic heterocycles. The van der Waals surface area contributed by atoms with Crippen LogP contribution in [0.4, 0.5) is 0 Å². The first-order chi connectivity index (χ1) is 9.24. The molecule has 19 heavy (non-hydrogen) atoms. The Hall–Kier alpha value is -1.75. The van der Waals surface area contributed by atoms with Crippen molar-refractivity contribution in [2.75, 3.05) is 20.3 Å². The van der Waals surface area contributed by atoms with Gasteiger partial charge in [0, 0.05) is 18.5 Å². The van der Waals surface area contributed by atoms with E-state index in [2.05, 4.69) is 5.32 Å². The minimum absolute atomic E-state index is 0.287. The average molecular weight is 265 g/mol. The van der Waals surface area contributed by atoms with Crippen LogP contribution in [0.2, 0.25) is 0 Å².